The molecule has 20 heavy (non-hydrogen) atoms. The van der Waals surface area contributed by atoms with Crippen molar-refractivity contribution in [3.05, 3.63) is 59.6 Å². The molecule has 0 aliphatic carbocycles. The maximum absolute atomic E-state index is 3.73. The van der Waals surface area contributed by atoms with Gasteiger partial charge in [0.05, 0.1) is 0 Å². The van der Waals surface area contributed by atoms with Crippen LogP contribution in [0.15, 0.2) is 49.1 Å². The molecule has 2 rings (SSSR count). The molecule has 1 heteroatoms. The Morgan fingerprint density at radius 2 is 1.60 bits per heavy atom. The number of hydrogen-bond donors (Lipinski definition) is 1. The van der Waals surface area contributed by atoms with Gasteiger partial charge < -0.3 is 4.98 Å². The summed E-state index contributed by atoms with van der Waals surface area (Å²) in [7, 11) is 0. The van der Waals surface area contributed by atoms with Gasteiger partial charge in [-0.2, -0.15) is 0 Å². The molecule has 0 atom stereocenters. The van der Waals surface area contributed by atoms with Gasteiger partial charge in [0.2, 0.25) is 0 Å². The maximum Gasteiger partial charge on any atom is 0.0464 e. The maximum atomic E-state index is 3.73. The molecule has 0 saturated heterocycles. The van der Waals surface area contributed by atoms with E-state index in [0.29, 0.717) is 0 Å². The first kappa shape index (κ1) is 18.0. The third-order valence-electron chi connectivity index (χ3n) is 2.55. The normalized spacial score (nSPS) is 11.1. The summed E-state index contributed by atoms with van der Waals surface area (Å²) in [6, 6.07) is 12.5. The van der Waals surface area contributed by atoms with E-state index in [1.54, 1.807) is 0 Å². The van der Waals surface area contributed by atoms with Crippen LogP contribution >= 0.6 is 0 Å². The highest BCUT2D eigenvalue weighted by Crippen LogP contribution is 2.12. The number of nitrogens with one attached hydrogen (secondary N) is 1. The summed E-state index contributed by atoms with van der Waals surface area (Å²) >= 11 is 0. The first-order valence-electron chi connectivity index (χ1n) is 7.38. The van der Waals surface area contributed by atoms with Crippen molar-refractivity contribution in [3.63, 3.8) is 0 Å². The van der Waals surface area contributed by atoms with Crippen LogP contribution < -0.4 is 10.6 Å². The van der Waals surface area contributed by atoms with E-state index in [1.807, 2.05) is 65.0 Å². The molecule has 0 aliphatic heterocycles. The van der Waals surface area contributed by atoms with Crippen LogP contribution in [0.1, 0.15) is 34.6 Å². The fraction of sp³-hybridized carbons (Fsp3) is 0.263. The van der Waals surface area contributed by atoms with Crippen LogP contribution in [0.5, 0.6) is 0 Å². The molecule has 1 nitrogen and oxygen atoms in total. The Labute approximate surface area is 123 Å². The lowest BCUT2D eigenvalue weighted by Crippen LogP contribution is -2.20. The molecule has 0 bridgehead atoms. The minimum atomic E-state index is 1.14. The number of allylic oxidation sites excluding steroid dienone is 1. The van der Waals surface area contributed by atoms with Gasteiger partial charge >= 0.3 is 0 Å². The van der Waals surface area contributed by atoms with Crippen molar-refractivity contribution in [2.75, 3.05) is 0 Å². The van der Waals surface area contributed by atoms with Crippen LogP contribution in [0.3, 0.4) is 0 Å². The third-order valence-corrected chi connectivity index (χ3v) is 2.55. The molecule has 1 aromatic carbocycles. The minimum Gasteiger partial charge on any atom is -0.355 e. The summed E-state index contributed by atoms with van der Waals surface area (Å²) in [5.74, 6) is 0. The smallest absolute Gasteiger partial charge is 0.0464 e. The number of H-pyrrole nitrogens is 1. The average molecular weight is 269 g/mol. The lowest BCUT2D eigenvalue weighted by atomic mass is 10.1. The summed E-state index contributed by atoms with van der Waals surface area (Å²) in [5.41, 5.74) is 2.34. The van der Waals surface area contributed by atoms with Gasteiger partial charge in [-0.05, 0) is 23.8 Å². The van der Waals surface area contributed by atoms with E-state index in [0.717, 1.165) is 11.0 Å². The number of aromatic amines is 1. The van der Waals surface area contributed by atoms with Crippen molar-refractivity contribution in [1.82, 2.24) is 4.98 Å². The second-order valence-corrected chi connectivity index (χ2v) is 3.61. The van der Waals surface area contributed by atoms with Crippen LogP contribution in [0.2, 0.25) is 0 Å². The molecule has 1 heterocycles. The summed E-state index contributed by atoms with van der Waals surface area (Å²) in [6.07, 6.45) is 5.89. The summed E-state index contributed by atoms with van der Waals surface area (Å²) < 4.78 is 0. The predicted molar refractivity (Wildman–Crippen MR) is 93.0 cm³/mol. The number of benzene rings is 1. The third kappa shape index (κ3) is 4.93. The zero-order valence-corrected chi connectivity index (χ0v) is 13.4. The first-order chi connectivity index (χ1) is 9.85. The van der Waals surface area contributed by atoms with Crippen LogP contribution in [-0.2, 0) is 0 Å². The second kappa shape index (κ2) is 10.9. The molecular weight excluding hydrogens is 242 g/mol. The van der Waals surface area contributed by atoms with Gasteiger partial charge in [0.15, 0.2) is 0 Å². The number of aromatic nitrogens is 1. The van der Waals surface area contributed by atoms with Gasteiger partial charge in [-0.15, -0.1) is 0 Å². The quantitative estimate of drug-likeness (QED) is 0.826. The van der Waals surface area contributed by atoms with Crippen LogP contribution in [0, 0.1) is 0 Å². The summed E-state index contributed by atoms with van der Waals surface area (Å²) in [5, 5.41) is 2.31. The molecular formula is C19H27N. The zero-order chi connectivity index (χ0) is 15.4. The monoisotopic (exact) mass is 269 g/mol. The minimum absolute atomic E-state index is 1.14. The molecule has 0 aliphatic rings. The van der Waals surface area contributed by atoms with E-state index < -0.39 is 0 Å². The van der Waals surface area contributed by atoms with Crippen molar-refractivity contribution in [2.24, 2.45) is 0 Å². The number of hydrogen-bond acceptors (Lipinski definition) is 0. The van der Waals surface area contributed by atoms with E-state index in [1.165, 1.54) is 10.8 Å². The van der Waals surface area contributed by atoms with E-state index in [9.17, 15) is 0 Å². The highest BCUT2D eigenvalue weighted by atomic mass is 14.7. The first-order valence-corrected chi connectivity index (χ1v) is 7.38. The Bertz CT molecular complexity index is 588. The van der Waals surface area contributed by atoms with Crippen LogP contribution in [-0.4, -0.2) is 4.98 Å². The van der Waals surface area contributed by atoms with Gasteiger partial charge in [-0.25, -0.2) is 0 Å². The molecule has 0 amide bonds. The largest absolute Gasteiger partial charge is 0.355 e. The van der Waals surface area contributed by atoms with Crippen molar-refractivity contribution in [3.8, 4) is 11.3 Å². The second-order valence-electron chi connectivity index (χ2n) is 3.61. The lowest BCUT2D eigenvalue weighted by molar-refractivity contribution is 1.31. The Balaban J connectivity index is 0.000000829. The fourth-order valence-electron chi connectivity index (χ4n) is 1.76. The molecule has 1 N–H and O–H groups in total. The molecule has 0 radical (unpaired) electrons. The topological polar surface area (TPSA) is 15.8 Å². The number of rotatable bonds is 2. The standard InChI is InChI=1S/C15H15N.2C2H6/c1-3-8-13-11-15(16-14(13)4-2)12-9-6-5-7-10-12;2*1-2/h3-11,16H,1H2,2H3;2*1-2H3/b13-8-,14-4+;;. The molecule has 2 aromatic rings. The van der Waals surface area contributed by atoms with Crippen molar-refractivity contribution in [1.29, 1.82) is 0 Å². The Morgan fingerprint density at radius 1 is 1.00 bits per heavy atom. The van der Waals surface area contributed by atoms with Crippen molar-refractivity contribution < 1.29 is 0 Å². The van der Waals surface area contributed by atoms with Crippen LogP contribution in [0.4, 0.5) is 0 Å². The van der Waals surface area contributed by atoms with Crippen molar-refractivity contribution in [2.45, 2.75) is 34.6 Å². The highest BCUT2D eigenvalue weighted by Gasteiger charge is 1.98. The molecule has 0 saturated carbocycles. The average Bonchev–Trinajstić information content (AvgIpc) is 2.96. The Hall–Kier alpha value is -2.02. The molecule has 0 spiro atoms. The van der Waals surface area contributed by atoms with Gasteiger partial charge in [-0.1, -0.05) is 82.8 Å². The Morgan fingerprint density at radius 3 is 2.10 bits per heavy atom. The SMILES string of the molecule is C=C/C=c1/cc(-c2ccccc2)[nH]/c1=C/C.CC.CC. The van der Waals surface area contributed by atoms with E-state index >= 15 is 0 Å². The van der Waals surface area contributed by atoms with Gasteiger partial charge in [-0.3, -0.25) is 0 Å². The highest BCUT2D eigenvalue weighted by molar-refractivity contribution is 5.60. The molecule has 108 valence electrons. The van der Waals surface area contributed by atoms with Gasteiger partial charge in [0.25, 0.3) is 0 Å². The summed E-state index contributed by atoms with van der Waals surface area (Å²) in [4.78, 5) is 3.40. The molecule has 0 unspecified atom stereocenters. The lowest BCUT2D eigenvalue weighted by Gasteiger charge is -1.94. The van der Waals surface area contributed by atoms with Gasteiger partial charge in [0, 0.05) is 11.0 Å². The Kier molecular flexibility index (Phi) is 9.76. The molecule has 1 aromatic heterocycles. The molecule has 0 fully saturated rings. The van der Waals surface area contributed by atoms with E-state index in [-0.39, 0.29) is 0 Å². The van der Waals surface area contributed by atoms with Gasteiger partial charge in [0.1, 0.15) is 0 Å². The van der Waals surface area contributed by atoms with E-state index in [2.05, 4.69) is 35.8 Å². The fourth-order valence-corrected chi connectivity index (χ4v) is 1.76. The predicted octanol–water partition coefficient (Wildman–Crippen LogP) is 4.50. The van der Waals surface area contributed by atoms with E-state index in [4.69, 9.17) is 0 Å². The van der Waals surface area contributed by atoms with Crippen LogP contribution in [0.25, 0.3) is 23.4 Å². The van der Waals surface area contributed by atoms with Crippen molar-refractivity contribution >= 4 is 12.2 Å². The summed E-state index contributed by atoms with van der Waals surface area (Å²) in [6.45, 7) is 13.8. The zero-order valence-electron chi connectivity index (χ0n) is 13.4.